The molecule has 0 aromatic carbocycles. The van der Waals surface area contributed by atoms with Crippen LogP contribution in [0.25, 0.3) is 0 Å². The normalized spacial score (nSPS) is 12.5. The number of aliphatic hydroxyl groups excluding tert-OH is 1. The Bertz CT molecular complexity index is 270. The fourth-order valence-electron chi connectivity index (χ4n) is 0.797. The molecule has 0 saturated heterocycles. The third-order valence-electron chi connectivity index (χ3n) is 1.29. The number of anilines is 1. The van der Waals surface area contributed by atoms with Crippen LogP contribution in [0.5, 0.6) is 0 Å². The Balaban J connectivity index is 2.53. The molecule has 0 saturated carbocycles. The first-order valence-electron chi connectivity index (χ1n) is 3.71. The van der Waals surface area contributed by atoms with Crippen molar-refractivity contribution in [1.29, 1.82) is 0 Å². The zero-order chi connectivity index (χ0) is 9.68. The molecule has 4 N–H and O–H groups in total. The van der Waals surface area contributed by atoms with Gasteiger partial charge in [-0.25, -0.2) is 10.4 Å². The third-order valence-corrected chi connectivity index (χ3v) is 1.78. The Morgan fingerprint density at radius 1 is 1.62 bits per heavy atom. The molecule has 5 nitrogen and oxygen atoms in total. The lowest BCUT2D eigenvalue weighted by atomic mass is 10.5. The molecule has 0 fully saturated rings. The summed E-state index contributed by atoms with van der Waals surface area (Å²) in [7, 11) is 1.67. The summed E-state index contributed by atoms with van der Waals surface area (Å²) < 4.78 is 0.904. The number of nitrogens with one attached hydrogen (secondary N) is 3. The van der Waals surface area contributed by atoms with Crippen molar-refractivity contribution in [2.24, 2.45) is 0 Å². The van der Waals surface area contributed by atoms with Crippen LogP contribution in [-0.2, 0) is 0 Å². The van der Waals surface area contributed by atoms with E-state index in [-0.39, 0.29) is 0 Å². The van der Waals surface area contributed by atoms with E-state index in [4.69, 9.17) is 0 Å². The fourth-order valence-corrected chi connectivity index (χ4v) is 1.13. The molecule has 0 aliphatic heterocycles. The predicted molar refractivity (Wildman–Crippen MR) is 53.8 cm³/mol. The topological polar surface area (TPSA) is 69.2 Å². The minimum Gasteiger partial charge on any atom is -0.360 e. The van der Waals surface area contributed by atoms with Gasteiger partial charge in [0, 0.05) is 10.7 Å². The smallest absolute Gasteiger partial charge is 0.195 e. The molecule has 1 rings (SSSR count). The molecule has 1 aromatic rings. The molecule has 1 atom stereocenters. The molecule has 6 heteroatoms. The number of hydrazine groups is 1. The highest BCUT2D eigenvalue weighted by Gasteiger charge is 2.01. The van der Waals surface area contributed by atoms with Crippen LogP contribution in [0.4, 0.5) is 5.82 Å². The molecule has 0 spiro atoms. The fraction of sp³-hybridized carbons (Fsp3) is 0.286. The van der Waals surface area contributed by atoms with Crippen molar-refractivity contribution in [3.63, 3.8) is 0 Å². The zero-order valence-corrected chi connectivity index (χ0v) is 8.67. The number of nitrogens with zero attached hydrogens (tertiary/aromatic N) is 1. The summed E-state index contributed by atoms with van der Waals surface area (Å²) in [6.45, 7) is 0. The van der Waals surface area contributed by atoms with Gasteiger partial charge in [-0.2, -0.15) is 0 Å². The van der Waals surface area contributed by atoms with Crippen molar-refractivity contribution >= 4 is 21.7 Å². The van der Waals surface area contributed by atoms with Crippen LogP contribution in [0.2, 0.25) is 0 Å². The van der Waals surface area contributed by atoms with Gasteiger partial charge in [-0.3, -0.25) is 5.43 Å². The number of aromatic nitrogens is 1. The predicted octanol–water partition coefficient (Wildman–Crippen LogP) is 0.256. The standard InChI is InChI=1S/C7H11BrN4O/c1-9-12-7(13)11-6-4-5(8)2-3-10-6/h2-4,7,9,12-13H,1H3,(H,10,11). The second kappa shape index (κ2) is 5.13. The van der Waals surface area contributed by atoms with E-state index < -0.39 is 6.35 Å². The van der Waals surface area contributed by atoms with E-state index in [0.29, 0.717) is 5.82 Å². The second-order valence-electron chi connectivity index (χ2n) is 2.30. The van der Waals surface area contributed by atoms with E-state index in [1.807, 2.05) is 6.07 Å². The summed E-state index contributed by atoms with van der Waals surface area (Å²) in [4.78, 5) is 3.99. The van der Waals surface area contributed by atoms with E-state index in [1.54, 1.807) is 19.3 Å². The molecule has 13 heavy (non-hydrogen) atoms. The van der Waals surface area contributed by atoms with Gasteiger partial charge in [-0.05, 0) is 19.2 Å². The average molecular weight is 247 g/mol. The number of halogens is 1. The first kappa shape index (κ1) is 10.4. The quantitative estimate of drug-likeness (QED) is 0.454. The van der Waals surface area contributed by atoms with Crippen molar-refractivity contribution in [3.8, 4) is 0 Å². The van der Waals surface area contributed by atoms with Gasteiger partial charge in [-0.1, -0.05) is 15.9 Å². The number of pyridine rings is 1. The number of hydrogen-bond donors (Lipinski definition) is 4. The number of aliphatic hydroxyl groups is 1. The number of hydrogen-bond acceptors (Lipinski definition) is 5. The van der Waals surface area contributed by atoms with Gasteiger partial charge >= 0.3 is 0 Å². The van der Waals surface area contributed by atoms with Crippen molar-refractivity contribution in [2.45, 2.75) is 6.35 Å². The average Bonchev–Trinajstić information content (AvgIpc) is 2.04. The Labute approximate surface area is 84.7 Å². The molecule has 1 unspecified atom stereocenters. The minimum atomic E-state index is -0.869. The molecule has 0 aliphatic rings. The summed E-state index contributed by atoms with van der Waals surface area (Å²) in [5.74, 6) is 0.588. The SMILES string of the molecule is CNNC(O)Nc1cc(Br)ccn1. The maximum Gasteiger partial charge on any atom is 0.195 e. The molecule has 1 aromatic heterocycles. The Kier molecular flexibility index (Phi) is 4.10. The summed E-state index contributed by atoms with van der Waals surface area (Å²) in [6, 6.07) is 3.57. The maximum absolute atomic E-state index is 9.25. The molecule has 72 valence electrons. The van der Waals surface area contributed by atoms with Gasteiger partial charge in [0.2, 0.25) is 0 Å². The molecule has 0 bridgehead atoms. The third kappa shape index (κ3) is 3.69. The van der Waals surface area contributed by atoms with Crippen molar-refractivity contribution in [1.82, 2.24) is 15.8 Å². The van der Waals surface area contributed by atoms with Crippen molar-refractivity contribution < 1.29 is 5.11 Å². The molecular formula is C7H11BrN4O. The summed E-state index contributed by atoms with van der Waals surface area (Å²) in [6.07, 6.45) is 0.769. The first-order chi connectivity index (χ1) is 6.22. The lowest BCUT2D eigenvalue weighted by Crippen LogP contribution is -2.43. The molecule has 0 aliphatic carbocycles. The summed E-state index contributed by atoms with van der Waals surface area (Å²) in [5, 5.41) is 12.0. The molecule has 0 amide bonds. The highest BCUT2D eigenvalue weighted by Crippen LogP contribution is 2.12. The monoisotopic (exact) mass is 246 g/mol. The molecule has 0 radical (unpaired) electrons. The minimum absolute atomic E-state index is 0.588. The van der Waals surface area contributed by atoms with Crippen molar-refractivity contribution in [2.75, 3.05) is 12.4 Å². The van der Waals surface area contributed by atoms with E-state index in [9.17, 15) is 5.11 Å². The second-order valence-corrected chi connectivity index (χ2v) is 3.22. The van der Waals surface area contributed by atoms with Crippen LogP contribution in [0.3, 0.4) is 0 Å². The van der Waals surface area contributed by atoms with Gasteiger partial charge in [0.15, 0.2) is 6.35 Å². The van der Waals surface area contributed by atoms with E-state index in [2.05, 4.69) is 37.1 Å². The van der Waals surface area contributed by atoms with Gasteiger partial charge in [-0.15, -0.1) is 0 Å². The first-order valence-corrected chi connectivity index (χ1v) is 4.50. The highest BCUT2D eigenvalue weighted by atomic mass is 79.9. The van der Waals surface area contributed by atoms with Crippen LogP contribution < -0.4 is 16.2 Å². The van der Waals surface area contributed by atoms with Gasteiger partial charge in [0.05, 0.1) is 0 Å². The van der Waals surface area contributed by atoms with Crippen LogP contribution in [0.15, 0.2) is 22.8 Å². The molecule has 1 heterocycles. The van der Waals surface area contributed by atoms with Gasteiger partial charge in [0.1, 0.15) is 5.82 Å². The molecular weight excluding hydrogens is 236 g/mol. The largest absolute Gasteiger partial charge is 0.360 e. The Morgan fingerprint density at radius 3 is 3.00 bits per heavy atom. The van der Waals surface area contributed by atoms with Crippen LogP contribution in [0, 0.1) is 0 Å². The lowest BCUT2D eigenvalue weighted by molar-refractivity contribution is 0.150. The maximum atomic E-state index is 9.25. The summed E-state index contributed by atoms with van der Waals surface area (Å²) >= 11 is 3.29. The van der Waals surface area contributed by atoms with Crippen LogP contribution in [-0.4, -0.2) is 23.5 Å². The Morgan fingerprint density at radius 2 is 2.38 bits per heavy atom. The van der Waals surface area contributed by atoms with Gasteiger partial charge < -0.3 is 10.4 Å². The van der Waals surface area contributed by atoms with Gasteiger partial charge in [0.25, 0.3) is 0 Å². The number of rotatable bonds is 4. The van der Waals surface area contributed by atoms with E-state index in [0.717, 1.165) is 4.47 Å². The highest BCUT2D eigenvalue weighted by molar-refractivity contribution is 9.10. The van der Waals surface area contributed by atoms with Crippen LogP contribution in [0.1, 0.15) is 0 Å². The van der Waals surface area contributed by atoms with E-state index >= 15 is 0 Å². The van der Waals surface area contributed by atoms with Crippen LogP contribution >= 0.6 is 15.9 Å². The van der Waals surface area contributed by atoms with Crippen molar-refractivity contribution in [3.05, 3.63) is 22.8 Å². The van der Waals surface area contributed by atoms with E-state index in [1.165, 1.54) is 0 Å². The Hall–Kier alpha value is -0.690. The zero-order valence-electron chi connectivity index (χ0n) is 7.08. The summed E-state index contributed by atoms with van der Waals surface area (Å²) in [5.41, 5.74) is 5.15. The lowest BCUT2D eigenvalue weighted by Gasteiger charge is -2.13.